The summed E-state index contributed by atoms with van der Waals surface area (Å²) in [4.78, 5) is 10.6. The minimum atomic E-state index is 0.618. The van der Waals surface area contributed by atoms with Crippen molar-refractivity contribution in [3.05, 3.63) is 42.1 Å². The average molecular weight is 267 g/mol. The largest absolute Gasteiger partial charge is 0.354 e. The molecule has 0 saturated carbocycles. The highest BCUT2D eigenvalue weighted by molar-refractivity contribution is 5.61. The van der Waals surface area contributed by atoms with Gasteiger partial charge in [-0.2, -0.15) is 10.2 Å². The van der Waals surface area contributed by atoms with E-state index >= 15 is 0 Å². The summed E-state index contributed by atoms with van der Waals surface area (Å²) in [6.45, 7) is 2.94. The van der Waals surface area contributed by atoms with Crippen LogP contribution < -0.4 is 10.2 Å². The smallest absolute Gasteiger partial charge is 0.224 e. The molecule has 1 aromatic heterocycles. The first-order valence-corrected chi connectivity index (χ1v) is 6.55. The normalized spacial score (nSPS) is 9.85. The molecule has 0 aliphatic rings. The van der Waals surface area contributed by atoms with Crippen LogP contribution in [-0.2, 0) is 0 Å². The van der Waals surface area contributed by atoms with E-state index in [2.05, 4.69) is 28.3 Å². The molecule has 0 aliphatic carbocycles. The van der Waals surface area contributed by atoms with Gasteiger partial charge in [0, 0.05) is 25.5 Å². The molecule has 0 atom stereocenters. The van der Waals surface area contributed by atoms with E-state index in [-0.39, 0.29) is 0 Å². The number of benzene rings is 1. The van der Waals surface area contributed by atoms with Crippen LogP contribution in [-0.4, -0.2) is 23.6 Å². The lowest BCUT2D eigenvalue weighted by Crippen LogP contribution is -2.13. The molecule has 0 unspecified atom stereocenters. The quantitative estimate of drug-likeness (QED) is 0.902. The van der Waals surface area contributed by atoms with E-state index in [0.717, 1.165) is 24.5 Å². The molecule has 1 N–H and O–H groups in total. The Kier molecular flexibility index (Phi) is 4.51. The van der Waals surface area contributed by atoms with Crippen molar-refractivity contribution in [3.8, 4) is 6.07 Å². The molecule has 0 bridgehead atoms. The third kappa shape index (κ3) is 3.23. The lowest BCUT2D eigenvalue weighted by atomic mass is 10.2. The molecule has 1 heterocycles. The van der Waals surface area contributed by atoms with Crippen LogP contribution in [0.4, 0.5) is 17.5 Å². The number of aromatic nitrogens is 2. The van der Waals surface area contributed by atoms with Gasteiger partial charge in [-0.25, -0.2) is 4.98 Å². The number of nitriles is 1. The maximum absolute atomic E-state index is 8.95. The van der Waals surface area contributed by atoms with E-state index in [4.69, 9.17) is 5.26 Å². The van der Waals surface area contributed by atoms with Crippen LogP contribution in [0, 0.1) is 11.3 Å². The molecule has 5 heteroatoms. The molecule has 5 nitrogen and oxygen atoms in total. The van der Waals surface area contributed by atoms with Crippen LogP contribution in [0.25, 0.3) is 0 Å². The number of anilines is 3. The van der Waals surface area contributed by atoms with Crippen LogP contribution in [0.5, 0.6) is 0 Å². The highest BCUT2D eigenvalue weighted by Crippen LogP contribution is 2.22. The Morgan fingerprint density at radius 3 is 2.95 bits per heavy atom. The molecule has 0 fully saturated rings. The first-order chi connectivity index (χ1) is 9.74. The van der Waals surface area contributed by atoms with E-state index in [1.807, 2.05) is 36.2 Å². The third-order valence-electron chi connectivity index (χ3n) is 2.88. The zero-order valence-corrected chi connectivity index (χ0v) is 11.7. The standard InChI is InChI=1S/C15H17N5/c1-3-8-17-15-18-9-7-14(19-15)20(2)13-6-4-5-12(10-13)11-16/h4-7,9-10H,3,8H2,1-2H3,(H,17,18,19). The SMILES string of the molecule is CCCNc1nccc(N(C)c2cccc(C#N)c2)n1. The Hall–Kier alpha value is -2.61. The van der Waals surface area contributed by atoms with Crippen LogP contribution in [0.2, 0.25) is 0 Å². The highest BCUT2D eigenvalue weighted by atomic mass is 15.2. The monoisotopic (exact) mass is 267 g/mol. The van der Waals surface area contributed by atoms with Crippen molar-refractivity contribution < 1.29 is 0 Å². The van der Waals surface area contributed by atoms with E-state index in [9.17, 15) is 0 Å². The van der Waals surface area contributed by atoms with Crippen molar-refractivity contribution >= 4 is 17.5 Å². The Bertz CT molecular complexity index is 618. The summed E-state index contributed by atoms with van der Waals surface area (Å²) in [5, 5.41) is 12.1. The molecule has 20 heavy (non-hydrogen) atoms. The molecule has 1 aromatic carbocycles. The fourth-order valence-corrected chi connectivity index (χ4v) is 1.77. The summed E-state index contributed by atoms with van der Waals surface area (Å²) in [5.74, 6) is 1.40. The fraction of sp³-hybridized carbons (Fsp3) is 0.267. The van der Waals surface area contributed by atoms with Gasteiger partial charge in [0.05, 0.1) is 11.6 Å². The highest BCUT2D eigenvalue weighted by Gasteiger charge is 2.07. The minimum Gasteiger partial charge on any atom is -0.354 e. The molecule has 0 amide bonds. The number of nitrogens with one attached hydrogen (secondary N) is 1. The Labute approximate surface area is 118 Å². The topological polar surface area (TPSA) is 64.8 Å². The molecule has 0 spiro atoms. The van der Waals surface area contributed by atoms with Crippen LogP contribution in [0.3, 0.4) is 0 Å². The lowest BCUT2D eigenvalue weighted by Gasteiger charge is -2.18. The summed E-state index contributed by atoms with van der Waals surface area (Å²) >= 11 is 0. The molecule has 0 saturated heterocycles. The maximum Gasteiger partial charge on any atom is 0.224 e. The first-order valence-electron chi connectivity index (χ1n) is 6.55. The number of nitrogens with zero attached hydrogens (tertiary/aromatic N) is 4. The molecule has 2 aromatic rings. The average Bonchev–Trinajstić information content (AvgIpc) is 2.52. The van der Waals surface area contributed by atoms with Crippen molar-refractivity contribution in [1.29, 1.82) is 5.26 Å². The van der Waals surface area contributed by atoms with Gasteiger partial charge in [-0.05, 0) is 30.7 Å². The molecule has 0 radical (unpaired) electrons. The summed E-state index contributed by atoms with van der Waals surface area (Å²) in [7, 11) is 1.92. The van der Waals surface area contributed by atoms with E-state index < -0.39 is 0 Å². The Morgan fingerprint density at radius 2 is 2.20 bits per heavy atom. The predicted octanol–water partition coefficient (Wildman–Crippen LogP) is 2.94. The molecular weight excluding hydrogens is 250 g/mol. The van der Waals surface area contributed by atoms with E-state index in [1.165, 1.54) is 0 Å². The summed E-state index contributed by atoms with van der Waals surface area (Å²) < 4.78 is 0. The zero-order chi connectivity index (χ0) is 14.4. The summed E-state index contributed by atoms with van der Waals surface area (Å²) in [5.41, 5.74) is 1.55. The van der Waals surface area contributed by atoms with Gasteiger partial charge in [-0.1, -0.05) is 13.0 Å². The van der Waals surface area contributed by atoms with Gasteiger partial charge in [0.1, 0.15) is 5.82 Å². The van der Waals surface area contributed by atoms with Gasteiger partial charge in [0.2, 0.25) is 5.95 Å². The van der Waals surface area contributed by atoms with E-state index in [1.54, 1.807) is 12.3 Å². The van der Waals surface area contributed by atoms with Gasteiger partial charge < -0.3 is 10.2 Å². The van der Waals surface area contributed by atoms with Gasteiger partial charge in [0.25, 0.3) is 0 Å². The van der Waals surface area contributed by atoms with Crippen molar-refractivity contribution in [3.63, 3.8) is 0 Å². The predicted molar refractivity (Wildman–Crippen MR) is 80.0 cm³/mol. The van der Waals surface area contributed by atoms with Gasteiger partial charge in [0.15, 0.2) is 0 Å². The number of hydrogen-bond donors (Lipinski definition) is 1. The minimum absolute atomic E-state index is 0.618. The molecule has 102 valence electrons. The third-order valence-corrected chi connectivity index (χ3v) is 2.88. The second kappa shape index (κ2) is 6.53. The lowest BCUT2D eigenvalue weighted by molar-refractivity contribution is 0.948. The fourth-order valence-electron chi connectivity index (χ4n) is 1.77. The second-order valence-corrected chi connectivity index (χ2v) is 4.39. The first kappa shape index (κ1) is 13.8. The maximum atomic E-state index is 8.95. The van der Waals surface area contributed by atoms with Gasteiger partial charge >= 0.3 is 0 Å². The number of hydrogen-bond acceptors (Lipinski definition) is 5. The molecule has 0 aliphatic heterocycles. The zero-order valence-electron chi connectivity index (χ0n) is 11.7. The summed E-state index contributed by atoms with van der Waals surface area (Å²) in [6, 6.07) is 11.4. The van der Waals surface area contributed by atoms with Crippen molar-refractivity contribution in [2.45, 2.75) is 13.3 Å². The molecule has 2 rings (SSSR count). The molecular formula is C15H17N5. The van der Waals surface area contributed by atoms with Crippen molar-refractivity contribution in [1.82, 2.24) is 9.97 Å². The van der Waals surface area contributed by atoms with Crippen LogP contribution >= 0.6 is 0 Å². The van der Waals surface area contributed by atoms with Crippen LogP contribution in [0.1, 0.15) is 18.9 Å². The van der Waals surface area contributed by atoms with Crippen LogP contribution in [0.15, 0.2) is 36.5 Å². The van der Waals surface area contributed by atoms with Crippen molar-refractivity contribution in [2.24, 2.45) is 0 Å². The van der Waals surface area contributed by atoms with Crippen molar-refractivity contribution in [2.75, 3.05) is 23.8 Å². The van der Waals surface area contributed by atoms with E-state index in [0.29, 0.717) is 11.5 Å². The van der Waals surface area contributed by atoms with Gasteiger partial charge in [-0.3, -0.25) is 0 Å². The summed E-state index contributed by atoms with van der Waals surface area (Å²) in [6.07, 6.45) is 2.75. The van der Waals surface area contributed by atoms with Gasteiger partial charge in [-0.15, -0.1) is 0 Å². The number of rotatable bonds is 5. The second-order valence-electron chi connectivity index (χ2n) is 4.39. The Morgan fingerprint density at radius 1 is 1.35 bits per heavy atom. The Balaban J connectivity index is 2.23.